The minimum Gasteiger partial charge on any atom is -0.481 e. The van der Waals surface area contributed by atoms with E-state index < -0.39 is 0 Å². The number of hydrogen-bond donors (Lipinski definition) is 1. The number of amides is 1. The van der Waals surface area contributed by atoms with Crippen LogP contribution in [0.4, 0.5) is 5.69 Å². The summed E-state index contributed by atoms with van der Waals surface area (Å²) in [5.41, 5.74) is 9.07. The van der Waals surface area contributed by atoms with Crippen molar-refractivity contribution in [2.24, 2.45) is 5.10 Å². The minimum absolute atomic E-state index is 0.0251. The quantitative estimate of drug-likeness (QED) is 0.377. The van der Waals surface area contributed by atoms with Crippen molar-refractivity contribution in [3.63, 3.8) is 0 Å². The molecule has 1 N–H and O–H groups in total. The van der Waals surface area contributed by atoms with Crippen LogP contribution in [0.5, 0.6) is 5.75 Å². The number of benzene rings is 2. The highest BCUT2D eigenvalue weighted by atomic mass is 16.5. The molecule has 0 unspecified atom stereocenters. The fraction of sp³-hybridized carbons (Fsp3) is 0.321. The van der Waals surface area contributed by atoms with E-state index in [1.807, 2.05) is 24.3 Å². The highest BCUT2D eigenvalue weighted by Gasteiger charge is 2.31. The van der Waals surface area contributed by atoms with E-state index in [9.17, 15) is 4.79 Å². The average Bonchev–Trinajstić information content (AvgIpc) is 2.80. The second-order valence-electron chi connectivity index (χ2n) is 9.27. The van der Waals surface area contributed by atoms with Crippen molar-refractivity contribution < 1.29 is 9.53 Å². The maximum atomic E-state index is 12.3. The standard InChI is InChI=1S/C28H32N4O2/c1-6-13-32-24-14-19(2)22(15-23(24)20(3)16-28(32,4)5)17-30-31-26(33)18-34-25-11-7-9-21-10-8-12-29-27(21)25/h7-12,14-17H,6,13,18H2,1-5H3,(H,31,33)/b30-17-. The lowest BCUT2D eigenvalue weighted by atomic mass is 9.87. The Bertz CT molecular complexity index is 1270. The van der Waals surface area contributed by atoms with Gasteiger partial charge in [0, 0.05) is 29.4 Å². The maximum absolute atomic E-state index is 12.3. The molecule has 1 amide bonds. The predicted molar refractivity (Wildman–Crippen MR) is 140 cm³/mol. The van der Waals surface area contributed by atoms with Gasteiger partial charge in [-0.15, -0.1) is 0 Å². The summed E-state index contributed by atoms with van der Waals surface area (Å²) in [4.78, 5) is 19.1. The summed E-state index contributed by atoms with van der Waals surface area (Å²) < 4.78 is 5.69. The van der Waals surface area contributed by atoms with E-state index in [4.69, 9.17) is 4.74 Å². The molecule has 1 aliphatic rings. The van der Waals surface area contributed by atoms with Crippen LogP contribution in [0, 0.1) is 6.92 Å². The van der Waals surface area contributed by atoms with E-state index >= 15 is 0 Å². The van der Waals surface area contributed by atoms with Gasteiger partial charge < -0.3 is 9.64 Å². The molecule has 1 aliphatic heterocycles. The molecule has 2 heterocycles. The number of ether oxygens (including phenoxy) is 1. The fourth-order valence-corrected chi connectivity index (χ4v) is 4.56. The molecular weight excluding hydrogens is 424 g/mol. The van der Waals surface area contributed by atoms with Gasteiger partial charge in [0.15, 0.2) is 6.61 Å². The molecular formula is C28H32N4O2. The Morgan fingerprint density at radius 2 is 2.00 bits per heavy atom. The number of fused-ring (bicyclic) bond motifs is 2. The molecule has 0 saturated heterocycles. The molecule has 0 aliphatic carbocycles. The number of carbonyl (C=O) groups is 1. The number of nitrogens with one attached hydrogen (secondary N) is 1. The topological polar surface area (TPSA) is 66.8 Å². The lowest BCUT2D eigenvalue weighted by Crippen LogP contribution is -2.45. The van der Waals surface area contributed by atoms with Crippen LogP contribution >= 0.6 is 0 Å². The Balaban J connectivity index is 1.45. The van der Waals surface area contributed by atoms with Gasteiger partial charge in [0.25, 0.3) is 5.91 Å². The Morgan fingerprint density at radius 3 is 2.79 bits per heavy atom. The summed E-state index contributed by atoms with van der Waals surface area (Å²) in [5.74, 6) is 0.247. The van der Waals surface area contributed by atoms with Crippen LogP contribution in [0.3, 0.4) is 0 Å². The van der Waals surface area contributed by atoms with Crippen LogP contribution in [-0.2, 0) is 4.79 Å². The largest absolute Gasteiger partial charge is 0.481 e. The lowest BCUT2D eigenvalue weighted by molar-refractivity contribution is -0.123. The second kappa shape index (κ2) is 9.67. The van der Waals surface area contributed by atoms with Crippen LogP contribution in [0.1, 0.15) is 50.8 Å². The Labute approximate surface area is 201 Å². The first-order chi connectivity index (χ1) is 16.3. The first kappa shape index (κ1) is 23.5. The van der Waals surface area contributed by atoms with Crippen molar-refractivity contribution in [3.05, 3.63) is 71.4 Å². The molecule has 1 aromatic heterocycles. The van der Waals surface area contributed by atoms with Gasteiger partial charge in [-0.05, 0) is 75.1 Å². The number of hydrazone groups is 1. The molecule has 6 nitrogen and oxygen atoms in total. The molecule has 2 aromatic carbocycles. The molecule has 176 valence electrons. The van der Waals surface area contributed by atoms with Gasteiger partial charge in [-0.1, -0.05) is 31.2 Å². The number of anilines is 1. The zero-order chi connectivity index (χ0) is 24.3. The van der Waals surface area contributed by atoms with Gasteiger partial charge >= 0.3 is 0 Å². The number of pyridine rings is 1. The second-order valence-corrected chi connectivity index (χ2v) is 9.27. The number of para-hydroxylation sites is 1. The van der Waals surface area contributed by atoms with Crippen LogP contribution in [0.25, 0.3) is 16.5 Å². The molecule has 4 rings (SSSR count). The highest BCUT2D eigenvalue weighted by molar-refractivity contribution is 5.90. The average molecular weight is 457 g/mol. The van der Waals surface area contributed by atoms with Crippen molar-refractivity contribution >= 4 is 34.3 Å². The third-order valence-electron chi connectivity index (χ3n) is 6.16. The zero-order valence-electron chi connectivity index (χ0n) is 20.6. The normalized spacial score (nSPS) is 14.7. The van der Waals surface area contributed by atoms with Crippen LogP contribution in [0.2, 0.25) is 0 Å². The van der Waals surface area contributed by atoms with Gasteiger partial charge in [-0.2, -0.15) is 5.10 Å². The number of aryl methyl sites for hydroxylation is 1. The number of carbonyl (C=O) groups excluding carboxylic acids is 1. The number of rotatable bonds is 7. The summed E-state index contributed by atoms with van der Waals surface area (Å²) in [6, 6.07) is 13.9. The van der Waals surface area contributed by atoms with E-state index in [-0.39, 0.29) is 18.1 Å². The van der Waals surface area contributed by atoms with E-state index in [1.54, 1.807) is 18.5 Å². The summed E-state index contributed by atoms with van der Waals surface area (Å²) in [6.07, 6.45) is 6.81. The Hall–Kier alpha value is -3.67. The Kier molecular flexibility index (Phi) is 6.68. The van der Waals surface area contributed by atoms with E-state index in [0.717, 1.165) is 35.0 Å². The summed E-state index contributed by atoms with van der Waals surface area (Å²) >= 11 is 0. The molecule has 6 heteroatoms. The molecule has 3 aromatic rings. The highest BCUT2D eigenvalue weighted by Crippen LogP contribution is 2.40. The number of nitrogens with zero attached hydrogens (tertiary/aromatic N) is 3. The van der Waals surface area contributed by atoms with E-state index in [0.29, 0.717) is 5.75 Å². The zero-order valence-corrected chi connectivity index (χ0v) is 20.6. The number of aromatic nitrogens is 1. The van der Waals surface area contributed by atoms with Gasteiger partial charge in [0.1, 0.15) is 11.3 Å². The van der Waals surface area contributed by atoms with E-state index in [2.05, 4.69) is 73.2 Å². The molecule has 0 bridgehead atoms. The van der Waals surface area contributed by atoms with Gasteiger partial charge in [0.2, 0.25) is 0 Å². The third kappa shape index (κ3) is 4.81. The fourth-order valence-electron chi connectivity index (χ4n) is 4.56. The van der Waals surface area contributed by atoms with Crippen molar-refractivity contribution in [1.29, 1.82) is 0 Å². The predicted octanol–water partition coefficient (Wildman–Crippen LogP) is 5.48. The first-order valence-corrected chi connectivity index (χ1v) is 11.7. The summed E-state index contributed by atoms with van der Waals surface area (Å²) in [6.45, 7) is 11.8. The number of allylic oxidation sites excluding steroid dienone is 1. The van der Waals surface area contributed by atoms with Crippen LogP contribution in [0.15, 0.2) is 59.8 Å². The molecule has 0 atom stereocenters. The lowest BCUT2D eigenvalue weighted by Gasteiger charge is -2.43. The van der Waals surface area contributed by atoms with E-state index in [1.165, 1.54) is 16.8 Å². The minimum atomic E-state index is -0.327. The molecule has 34 heavy (non-hydrogen) atoms. The molecule has 0 fully saturated rings. The summed E-state index contributed by atoms with van der Waals surface area (Å²) in [7, 11) is 0. The molecule has 0 spiro atoms. The van der Waals surface area contributed by atoms with Gasteiger partial charge in [-0.25, -0.2) is 5.43 Å². The SMILES string of the molecule is CCCN1c2cc(C)c(/C=N\NC(=O)COc3cccc4cccnc34)cc2C(C)=CC1(C)C. The number of hydrogen-bond acceptors (Lipinski definition) is 5. The van der Waals surface area contributed by atoms with Crippen molar-refractivity contribution in [2.45, 2.75) is 46.6 Å². The van der Waals surface area contributed by atoms with Crippen LogP contribution < -0.4 is 15.1 Å². The third-order valence-corrected chi connectivity index (χ3v) is 6.16. The smallest absolute Gasteiger partial charge is 0.277 e. The maximum Gasteiger partial charge on any atom is 0.277 e. The molecule has 0 saturated carbocycles. The van der Waals surface area contributed by atoms with Crippen molar-refractivity contribution in [2.75, 3.05) is 18.1 Å². The van der Waals surface area contributed by atoms with Crippen molar-refractivity contribution in [1.82, 2.24) is 10.4 Å². The molecule has 0 radical (unpaired) electrons. The van der Waals surface area contributed by atoms with Gasteiger partial charge in [0.05, 0.1) is 11.8 Å². The van der Waals surface area contributed by atoms with Crippen LogP contribution in [-0.4, -0.2) is 35.8 Å². The Morgan fingerprint density at radius 1 is 1.21 bits per heavy atom. The van der Waals surface area contributed by atoms with Gasteiger partial charge in [-0.3, -0.25) is 9.78 Å². The van der Waals surface area contributed by atoms with Crippen molar-refractivity contribution in [3.8, 4) is 5.75 Å². The monoisotopic (exact) mass is 456 g/mol. The summed E-state index contributed by atoms with van der Waals surface area (Å²) in [5, 5.41) is 5.15. The first-order valence-electron chi connectivity index (χ1n) is 11.7.